The van der Waals surface area contributed by atoms with Gasteiger partial charge in [0.25, 0.3) is 5.91 Å². The molecule has 2 aromatic rings. The van der Waals surface area contributed by atoms with Crippen LogP contribution in [-0.2, 0) is 0 Å². The maximum Gasteiger partial charge on any atom is 0.362 e. The number of ether oxygens (including phenoxy) is 1. The fourth-order valence-corrected chi connectivity index (χ4v) is 1.82. The number of nitro groups is 1. The summed E-state index contributed by atoms with van der Waals surface area (Å²) in [5, 5.41) is 18.5. The van der Waals surface area contributed by atoms with Crippen molar-refractivity contribution < 1.29 is 14.5 Å². The summed E-state index contributed by atoms with van der Waals surface area (Å²) in [6, 6.07) is 6.65. The number of hydrogen-bond acceptors (Lipinski definition) is 5. The molecule has 1 aromatic heterocycles. The molecule has 8 nitrogen and oxygen atoms in total. The van der Waals surface area contributed by atoms with Gasteiger partial charge in [-0.25, -0.2) is 0 Å². The third-order valence-corrected chi connectivity index (χ3v) is 2.87. The molecular weight excluding hydrogens is 300 g/mol. The quantitative estimate of drug-likeness (QED) is 0.651. The predicted molar refractivity (Wildman–Crippen MR) is 75.8 cm³/mol. The molecule has 0 radical (unpaired) electrons. The van der Waals surface area contributed by atoms with Crippen LogP contribution >= 0.6 is 11.6 Å². The molecule has 2 rings (SSSR count). The van der Waals surface area contributed by atoms with E-state index in [0.29, 0.717) is 18.0 Å². The van der Waals surface area contributed by atoms with Crippen LogP contribution in [0.5, 0.6) is 5.75 Å². The summed E-state index contributed by atoms with van der Waals surface area (Å²) in [4.78, 5) is 21.8. The molecule has 0 spiro atoms. The lowest BCUT2D eigenvalue weighted by atomic mass is 10.3. The molecule has 0 unspecified atom stereocenters. The molecule has 0 saturated heterocycles. The number of aromatic nitrogens is 2. The Morgan fingerprint density at radius 1 is 1.48 bits per heavy atom. The Kier molecular flexibility index (Phi) is 4.39. The average molecular weight is 311 g/mol. The minimum atomic E-state index is -0.747. The molecule has 0 aliphatic heterocycles. The largest absolute Gasteiger partial charge is 0.494 e. The average Bonchev–Trinajstić information content (AvgIpc) is 2.83. The number of benzene rings is 1. The van der Waals surface area contributed by atoms with Gasteiger partial charge in [-0.3, -0.25) is 4.79 Å². The van der Waals surface area contributed by atoms with Crippen molar-refractivity contribution in [3.63, 3.8) is 0 Å². The summed E-state index contributed by atoms with van der Waals surface area (Å²) in [6.07, 6.45) is 0. The summed E-state index contributed by atoms with van der Waals surface area (Å²) < 4.78 is 5.27. The highest BCUT2D eigenvalue weighted by Gasteiger charge is 2.25. The van der Waals surface area contributed by atoms with Crippen LogP contribution in [0.15, 0.2) is 24.3 Å². The van der Waals surface area contributed by atoms with Gasteiger partial charge in [-0.2, -0.15) is 0 Å². The highest BCUT2D eigenvalue weighted by Crippen LogP contribution is 2.25. The topological polar surface area (TPSA) is 110 Å². The van der Waals surface area contributed by atoms with E-state index in [4.69, 9.17) is 16.3 Å². The Hall–Kier alpha value is -2.61. The van der Waals surface area contributed by atoms with Crippen LogP contribution in [0.2, 0.25) is 5.02 Å². The molecule has 9 heteroatoms. The van der Waals surface area contributed by atoms with E-state index in [2.05, 4.69) is 15.5 Å². The van der Waals surface area contributed by atoms with Gasteiger partial charge in [-0.1, -0.05) is 16.7 Å². The predicted octanol–water partition coefficient (Wildman–Crippen LogP) is 2.62. The van der Waals surface area contributed by atoms with Crippen molar-refractivity contribution in [3.8, 4) is 5.75 Å². The summed E-state index contributed by atoms with van der Waals surface area (Å²) in [5.41, 5.74) is 0.252. The van der Waals surface area contributed by atoms with E-state index >= 15 is 0 Å². The Bertz CT molecular complexity index is 668. The zero-order valence-electron chi connectivity index (χ0n) is 10.9. The molecule has 21 heavy (non-hydrogen) atoms. The Morgan fingerprint density at radius 3 is 2.67 bits per heavy atom. The monoisotopic (exact) mass is 310 g/mol. The first-order valence-corrected chi connectivity index (χ1v) is 6.33. The highest BCUT2D eigenvalue weighted by atomic mass is 35.5. The second-order valence-electron chi connectivity index (χ2n) is 3.90. The third kappa shape index (κ3) is 3.29. The van der Waals surface area contributed by atoms with E-state index < -0.39 is 16.6 Å². The summed E-state index contributed by atoms with van der Waals surface area (Å²) >= 11 is 5.73. The molecule has 2 N–H and O–H groups in total. The number of aromatic amines is 1. The van der Waals surface area contributed by atoms with E-state index in [0.717, 1.165) is 0 Å². The van der Waals surface area contributed by atoms with Gasteiger partial charge in [0.1, 0.15) is 5.75 Å². The first-order valence-electron chi connectivity index (χ1n) is 5.95. The van der Waals surface area contributed by atoms with Gasteiger partial charge >= 0.3 is 5.82 Å². The van der Waals surface area contributed by atoms with Crippen molar-refractivity contribution in [3.05, 3.63) is 45.1 Å². The fraction of sp³-hybridized carbons (Fsp3) is 0.167. The van der Waals surface area contributed by atoms with Crippen LogP contribution in [0.25, 0.3) is 0 Å². The lowest BCUT2D eigenvalue weighted by molar-refractivity contribution is -0.389. The lowest BCUT2D eigenvalue weighted by Gasteiger charge is -2.05. The Balaban J connectivity index is 2.12. The van der Waals surface area contributed by atoms with Crippen LogP contribution in [0, 0.1) is 10.1 Å². The first kappa shape index (κ1) is 14.8. The van der Waals surface area contributed by atoms with Gasteiger partial charge in [0, 0.05) is 5.69 Å². The van der Waals surface area contributed by atoms with E-state index in [9.17, 15) is 14.9 Å². The molecule has 0 atom stereocenters. The molecule has 110 valence electrons. The number of amides is 1. The number of halogens is 1. The van der Waals surface area contributed by atoms with Crippen molar-refractivity contribution in [2.24, 2.45) is 0 Å². The zero-order valence-corrected chi connectivity index (χ0v) is 11.7. The maximum atomic E-state index is 11.9. The van der Waals surface area contributed by atoms with Crippen molar-refractivity contribution >= 4 is 29.0 Å². The number of carbonyl (C=O) groups excluding carboxylic acids is 1. The van der Waals surface area contributed by atoms with E-state index in [1.807, 2.05) is 6.92 Å². The number of rotatable bonds is 5. The molecule has 0 fully saturated rings. The summed E-state index contributed by atoms with van der Waals surface area (Å²) in [6.45, 7) is 2.40. The minimum absolute atomic E-state index is 0.239. The molecule has 0 bridgehead atoms. The van der Waals surface area contributed by atoms with Crippen molar-refractivity contribution in [2.45, 2.75) is 6.92 Å². The molecule has 1 amide bonds. The van der Waals surface area contributed by atoms with E-state index in [1.165, 1.54) is 0 Å². The maximum absolute atomic E-state index is 11.9. The lowest BCUT2D eigenvalue weighted by Crippen LogP contribution is -2.12. The molecule has 1 heterocycles. The Labute approximate surface area is 124 Å². The number of H-pyrrole nitrogens is 1. The molecule has 0 saturated carbocycles. The number of nitrogens with one attached hydrogen (secondary N) is 2. The molecule has 0 aliphatic rings. The van der Waals surface area contributed by atoms with E-state index in [-0.39, 0.29) is 10.7 Å². The summed E-state index contributed by atoms with van der Waals surface area (Å²) in [5.74, 6) is -0.494. The van der Waals surface area contributed by atoms with Crippen LogP contribution < -0.4 is 10.1 Å². The van der Waals surface area contributed by atoms with Gasteiger partial charge in [0.05, 0.1) is 6.61 Å². The molecule has 1 aromatic carbocycles. The van der Waals surface area contributed by atoms with Gasteiger partial charge < -0.3 is 20.2 Å². The molecule has 0 aliphatic carbocycles. The minimum Gasteiger partial charge on any atom is -0.494 e. The van der Waals surface area contributed by atoms with Gasteiger partial charge in [-0.15, -0.1) is 5.10 Å². The van der Waals surface area contributed by atoms with Crippen LogP contribution in [0.3, 0.4) is 0 Å². The second-order valence-corrected chi connectivity index (χ2v) is 4.28. The number of carbonyl (C=O) groups is 1. The number of anilines is 1. The van der Waals surface area contributed by atoms with Gasteiger partial charge in [0.2, 0.25) is 0 Å². The van der Waals surface area contributed by atoms with Gasteiger partial charge in [-0.05, 0) is 36.1 Å². The number of nitrogens with zero attached hydrogens (tertiary/aromatic N) is 2. The van der Waals surface area contributed by atoms with Gasteiger partial charge in [0.15, 0.2) is 10.7 Å². The number of hydrogen-bond donors (Lipinski definition) is 2. The van der Waals surface area contributed by atoms with Crippen LogP contribution in [0.1, 0.15) is 17.4 Å². The van der Waals surface area contributed by atoms with Crippen molar-refractivity contribution in [1.29, 1.82) is 0 Å². The van der Waals surface area contributed by atoms with Crippen LogP contribution in [0.4, 0.5) is 11.5 Å². The normalized spacial score (nSPS) is 10.2. The first-order chi connectivity index (χ1) is 10.0. The summed E-state index contributed by atoms with van der Waals surface area (Å²) in [7, 11) is 0. The SMILES string of the molecule is CCOc1ccc(NC(=O)c2n[nH]c([N+](=O)[O-])c2Cl)cc1. The third-order valence-electron chi connectivity index (χ3n) is 2.51. The smallest absolute Gasteiger partial charge is 0.362 e. The van der Waals surface area contributed by atoms with Crippen LogP contribution in [-0.4, -0.2) is 27.6 Å². The Morgan fingerprint density at radius 2 is 2.14 bits per heavy atom. The highest BCUT2D eigenvalue weighted by molar-refractivity contribution is 6.35. The zero-order chi connectivity index (χ0) is 15.4. The van der Waals surface area contributed by atoms with Crippen molar-refractivity contribution in [1.82, 2.24) is 10.2 Å². The second kappa shape index (κ2) is 6.23. The standard InChI is InChI=1S/C12H11ClN4O4/c1-2-21-8-5-3-7(4-6-8)14-12(18)10-9(13)11(16-15-10)17(19)20/h3-6H,2H2,1H3,(H,14,18)(H,15,16). The molecular formula is C12H11ClN4O4. The van der Waals surface area contributed by atoms with E-state index in [1.54, 1.807) is 24.3 Å². The van der Waals surface area contributed by atoms with Crippen molar-refractivity contribution in [2.75, 3.05) is 11.9 Å². The fourth-order valence-electron chi connectivity index (χ4n) is 1.58.